The van der Waals surface area contributed by atoms with E-state index in [0.717, 1.165) is 4.90 Å². The van der Waals surface area contributed by atoms with E-state index >= 15 is 0 Å². The number of aromatic nitrogens is 1. The summed E-state index contributed by atoms with van der Waals surface area (Å²) in [5.41, 5.74) is 1.03. The lowest BCUT2D eigenvalue weighted by Crippen LogP contribution is -2.32. The SMILES string of the molecule is Cc1ncccc1C(=O)N(C)CC(=O)O. The van der Waals surface area contributed by atoms with Crippen molar-refractivity contribution < 1.29 is 14.7 Å². The van der Waals surface area contributed by atoms with Crippen LogP contribution in [-0.4, -0.2) is 40.5 Å². The molecule has 0 aliphatic heterocycles. The fraction of sp³-hybridized carbons (Fsp3) is 0.300. The Morgan fingerprint density at radius 2 is 2.20 bits per heavy atom. The molecule has 5 heteroatoms. The molecular formula is C10H12N2O3. The van der Waals surface area contributed by atoms with Gasteiger partial charge in [0.25, 0.3) is 5.91 Å². The molecule has 80 valence electrons. The van der Waals surface area contributed by atoms with E-state index in [-0.39, 0.29) is 12.5 Å². The topological polar surface area (TPSA) is 70.5 Å². The number of hydrogen-bond acceptors (Lipinski definition) is 3. The monoisotopic (exact) mass is 208 g/mol. The molecule has 1 rings (SSSR count). The summed E-state index contributed by atoms with van der Waals surface area (Å²) in [6, 6.07) is 3.28. The van der Waals surface area contributed by atoms with E-state index in [9.17, 15) is 9.59 Å². The molecule has 0 radical (unpaired) electrons. The highest BCUT2D eigenvalue weighted by molar-refractivity contribution is 5.96. The molecule has 0 atom stereocenters. The van der Waals surface area contributed by atoms with Crippen LogP contribution in [0.3, 0.4) is 0 Å². The van der Waals surface area contributed by atoms with Crippen LogP contribution in [-0.2, 0) is 4.79 Å². The predicted molar refractivity (Wildman–Crippen MR) is 53.6 cm³/mol. The highest BCUT2D eigenvalue weighted by atomic mass is 16.4. The fourth-order valence-corrected chi connectivity index (χ4v) is 1.19. The molecule has 0 unspecified atom stereocenters. The number of carboxylic acids is 1. The predicted octanol–water partition coefficient (Wildman–Crippen LogP) is 0.547. The summed E-state index contributed by atoms with van der Waals surface area (Å²) >= 11 is 0. The third-order valence-electron chi connectivity index (χ3n) is 1.96. The summed E-state index contributed by atoms with van der Waals surface area (Å²) < 4.78 is 0. The van der Waals surface area contributed by atoms with Gasteiger partial charge in [0.05, 0.1) is 5.56 Å². The second-order valence-electron chi connectivity index (χ2n) is 3.19. The third-order valence-corrected chi connectivity index (χ3v) is 1.96. The summed E-state index contributed by atoms with van der Waals surface area (Å²) in [5.74, 6) is -1.37. The van der Waals surface area contributed by atoms with Crippen LogP contribution in [0.25, 0.3) is 0 Å². The molecule has 1 aromatic heterocycles. The summed E-state index contributed by atoms with van der Waals surface area (Å²) in [7, 11) is 1.45. The van der Waals surface area contributed by atoms with Gasteiger partial charge in [0.2, 0.25) is 0 Å². The molecule has 1 aromatic rings. The van der Waals surface area contributed by atoms with E-state index in [0.29, 0.717) is 11.3 Å². The van der Waals surface area contributed by atoms with Crippen LogP contribution >= 0.6 is 0 Å². The molecule has 0 saturated heterocycles. The van der Waals surface area contributed by atoms with Crippen molar-refractivity contribution in [3.8, 4) is 0 Å². The van der Waals surface area contributed by atoms with E-state index in [2.05, 4.69) is 4.98 Å². The number of hydrogen-bond donors (Lipinski definition) is 1. The number of carbonyl (C=O) groups is 2. The number of carbonyl (C=O) groups excluding carboxylic acids is 1. The zero-order valence-corrected chi connectivity index (χ0v) is 8.60. The first-order valence-corrected chi connectivity index (χ1v) is 4.41. The van der Waals surface area contributed by atoms with Gasteiger partial charge in [-0.05, 0) is 19.1 Å². The van der Waals surface area contributed by atoms with Crippen LogP contribution in [0.1, 0.15) is 16.1 Å². The van der Waals surface area contributed by atoms with Gasteiger partial charge in [0, 0.05) is 18.9 Å². The molecular weight excluding hydrogens is 196 g/mol. The first kappa shape index (κ1) is 11.2. The van der Waals surface area contributed by atoms with Crippen molar-refractivity contribution in [1.82, 2.24) is 9.88 Å². The smallest absolute Gasteiger partial charge is 0.323 e. The Morgan fingerprint density at radius 1 is 1.53 bits per heavy atom. The summed E-state index contributed by atoms with van der Waals surface area (Å²) in [6.45, 7) is 1.40. The van der Waals surface area contributed by atoms with Gasteiger partial charge in [-0.3, -0.25) is 14.6 Å². The van der Waals surface area contributed by atoms with Crippen LogP contribution in [0.2, 0.25) is 0 Å². The fourth-order valence-electron chi connectivity index (χ4n) is 1.19. The maximum atomic E-state index is 11.7. The molecule has 1 heterocycles. The highest BCUT2D eigenvalue weighted by Gasteiger charge is 2.16. The Labute approximate surface area is 87.4 Å². The number of rotatable bonds is 3. The molecule has 0 aliphatic rings. The second-order valence-corrected chi connectivity index (χ2v) is 3.19. The minimum atomic E-state index is -1.03. The van der Waals surface area contributed by atoms with Crippen molar-refractivity contribution >= 4 is 11.9 Å². The standard InChI is InChI=1S/C10H12N2O3/c1-7-8(4-3-5-11-7)10(15)12(2)6-9(13)14/h3-5H,6H2,1-2H3,(H,13,14). The minimum Gasteiger partial charge on any atom is -0.480 e. The maximum absolute atomic E-state index is 11.7. The van der Waals surface area contributed by atoms with Crippen molar-refractivity contribution in [2.45, 2.75) is 6.92 Å². The second kappa shape index (κ2) is 4.54. The van der Waals surface area contributed by atoms with Gasteiger partial charge < -0.3 is 10.0 Å². The number of aliphatic carboxylic acids is 1. The maximum Gasteiger partial charge on any atom is 0.323 e. The number of pyridine rings is 1. The first-order valence-electron chi connectivity index (χ1n) is 4.41. The number of aryl methyl sites for hydroxylation is 1. The zero-order chi connectivity index (χ0) is 11.4. The molecule has 0 aliphatic carbocycles. The van der Waals surface area contributed by atoms with Gasteiger partial charge in [-0.1, -0.05) is 0 Å². The number of amides is 1. The normalized spacial score (nSPS) is 9.73. The van der Waals surface area contributed by atoms with Gasteiger partial charge in [0.15, 0.2) is 0 Å². The van der Waals surface area contributed by atoms with E-state index in [4.69, 9.17) is 5.11 Å². The van der Waals surface area contributed by atoms with Gasteiger partial charge in [0.1, 0.15) is 6.54 Å². The van der Waals surface area contributed by atoms with Gasteiger partial charge in [-0.15, -0.1) is 0 Å². The van der Waals surface area contributed by atoms with Crippen LogP contribution in [0, 0.1) is 6.92 Å². The Hall–Kier alpha value is -1.91. The number of carboxylic acid groups (broad SMARTS) is 1. The molecule has 0 bridgehead atoms. The van der Waals surface area contributed by atoms with Crippen molar-refractivity contribution in [2.75, 3.05) is 13.6 Å². The summed E-state index contributed by atoms with van der Waals surface area (Å²) in [6.07, 6.45) is 1.59. The molecule has 1 N–H and O–H groups in total. The third kappa shape index (κ3) is 2.77. The van der Waals surface area contributed by atoms with Gasteiger partial charge >= 0.3 is 5.97 Å². The van der Waals surface area contributed by atoms with Crippen molar-refractivity contribution in [3.63, 3.8) is 0 Å². The Morgan fingerprint density at radius 3 is 2.73 bits per heavy atom. The van der Waals surface area contributed by atoms with Crippen LogP contribution in [0.15, 0.2) is 18.3 Å². The quantitative estimate of drug-likeness (QED) is 0.787. The van der Waals surface area contributed by atoms with E-state index < -0.39 is 5.97 Å². The van der Waals surface area contributed by atoms with Crippen LogP contribution in [0.4, 0.5) is 0 Å². The lowest BCUT2D eigenvalue weighted by Gasteiger charge is -2.15. The Balaban J connectivity index is 2.85. The molecule has 0 fully saturated rings. The van der Waals surface area contributed by atoms with Crippen molar-refractivity contribution in [1.29, 1.82) is 0 Å². The van der Waals surface area contributed by atoms with Crippen molar-refractivity contribution in [2.24, 2.45) is 0 Å². The summed E-state index contributed by atoms with van der Waals surface area (Å²) in [4.78, 5) is 27.3. The van der Waals surface area contributed by atoms with Gasteiger partial charge in [-0.25, -0.2) is 0 Å². The highest BCUT2D eigenvalue weighted by Crippen LogP contribution is 2.06. The van der Waals surface area contributed by atoms with E-state index in [1.54, 1.807) is 25.3 Å². The molecule has 0 spiro atoms. The van der Waals surface area contributed by atoms with Crippen molar-refractivity contribution in [3.05, 3.63) is 29.6 Å². The molecule has 1 amide bonds. The molecule has 15 heavy (non-hydrogen) atoms. The minimum absolute atomic E-state index is 0.312. The molecule has 0 saturated carbocycles. The Bertz CT molecular complexity index is 390. The van der Waals surface area contributed by atoms with E-state index in [1.807, 2.05) is 0 Å². The van der Waals surface area contributed by atoms with Gasteiger partial charge in [-0.2, -0.15) is 0 Å². The number of likely N-dealkylation sites (N-methyl/N-ethyl adjacent to an activating group) is 1. The van der Waals surface area contributed by atoms with Crippen LogP contribution in [0.5, 0.6) is 0 Å². The van der Waals surface area contributed by atoms with Crippen LogP contribution < -0.4 is 0 Å². The lowest BCUT2D eigenvalue weighted by molar-refractivity contribution is -0.137. The average Bonchev–Trinajstić information content (AvgIpc) is 2.16. The average molecular weight is 208 g/mol. The molecule has 0 aromatic carbocycles. The zero-order valence-electron chi connectivity index (χ0n) is 8.60. The number of nitrogens with zero attached hydrogens (tertiary/aromatic N) is 2. The summed E-state index contributed by atoms with van der Waals surface area (Å²) in [5, 5.41) is 8.54. The Kier molecular flexibility index (Phi) is 3.38. The first-order chi connectivity index (χ1) is 7.02. The largest absolute Gasteiger partial charge is 0.480 e. The van der Waals surface area contributed by atoms with E-state index in [1.165, 1.54) is 7.05 Å². The molecule has 5 nitrogen and oxygen atoms in total. The lowest BCUT2D eigenvalue weighted by atomic mass is 10.2.